The average Bonchev–Trinajstić information content (AvgIpc) is 2.86. The molecule has 0 bridgehead atoms. The Balaban J connectivity index is 2.00. The van der Waals surface area contributed by atoms with E-state index in [0.717, 1.165) is 17.5 Å². The van der Waals surface area contributed by atoms with E-state index in [4.69, 9.17) is 9.47 Å². The molecule has 0 saturated heterocycles. The lowest BCUT2D eigenvalue weighted by Gasteiger charge is -2.15. The van der Waals surface area contributed by atoms with Crippen LogP contribution in [-0.4, -0.2) is 21.1 Å². The minimum absolute atomic E-state index is 0.0793. The SMILES string of the molecule is CCOc1cc2c(cc1NS(=O)(=O)c1ccc(C)cc1C)O[C@@H](C)C2. The summed E-state index contributed by atoms with van der Waals surface area (Å²) in [5, 5.41) is 0. The lowest BCUT2D eigenvalue weighted by Crippen LogP contribution is -2.15. The fraction of sp³-hybridized carbons (Fsp3) is 0.368. The number of fused-ring (bicyclic) bond motifs is 1. The summed E-state index contributed by atoms with van der Waals surface area (Å²) in [4.78, 5) is 0.260. The highest BCUT2D eigenvalue weighted by Crippen LogP contribution is 2.39. The maximum atomic E-state index is 12.8. The van der Waals surface area contributed by atoms with E-state index in [1.165, 1.54) is 0 Å². The number of anilines is 1. The van der Waals surface area contributed by atoms with Crippen molar-refractivity contribution >= 4 is 15.7 Å². The molecule has 0 aliphatic carbocycles. The Labute approximate surface area is 149 Å². The van der Waals surface area contributed by atoms with Gasteiger partial charge in [0.25, 0.3) is 10.0 Å². The van der Waals surface area contributed by atoms with Crippen LogP contribution in [0.1, 0.15) is 30.5 Å². The third-order valence-electron chi connectivity index (χ3n) is 4.16. The first kappa shape index (κ1) is 17.6. The molecule has 2 aromatic carbocycles. The van der Waals surface area contributed by atoms with Gasteiger partial charge in [0, 0.05) is 18.1 Å². The second-order valence-corrected chi connectivity index (χ2v) is 8.05. The number of nitrogens with one attached hydrogen (secondary N) is 1. The van der Waals surface area contributed by atoms with Gasteiger partial charge in [-0.15, -0.1) is 0 Å². The van der Waals surface area contributed by atoms with Crippen LogP contribution in [0.25, 0.3) is 0 Å². The van der Waals surface area contributed by atoms with Gasteiger partial charge < -0.3 is 9.47 Å². The van der Waals surface area contributed by atoms with Gasteiger partial charge in [0.05, 0.1) is 17.2 Å². The predicted octanol–water partition coefficient (Wildman–Crippen LogP) is 3.83. The Kier molecular flexibility index (Phi) is 4.64. The van der Waals surface area contributed by atoms with Gasteiger partial charge in [0.15, 0.2) is 0 Å². The van der Waals surface area contributed by atoms with Crippen LogP contribution in [0.15, 0.2) is 35.2 Å². The van der Waals surface area contributed by atoms with Gasteiger partial charge in [-0.3, -0.25) is 4.72 Å². The fourth-order valence-electron chi connectivity index (χ4n) is 3.09. The number of ether oxygens (including phenoxy) is 2. The molecule has 0 fully saturated rings. The standard InChI is InChI=1S/C19H23NO4S/c1-5-23-18-10-15-9-14(4)24-17(15)11-16(18)20-25(21,22)19-7-6-12(2)8-13(19)3/h6-8,10-11,14,20H,5,9H2,1-4H3/t14-/m0/s1. The molecule has 1 N–H and O–H groups in total. The minimum Gasteiger partial charge on any atom is -0.492 e. The van der Waals surface area contributed by atoms with Gasteiger partial charge in [-0.2, -0.15) is 0 Å². The van der Waals surface area contributed by atoms with Crippen molar-refractivity contribution in [1.29, 1.82) is 0 Å². The first-order valence-electron chi connectivity index (χ1n) is 8.36. The Morgan fingerprint density at radius 1 is 1.24 bits per heavy atom. The van der Waals surface area contributed by atoms with Crippen molar-refractivity contribution in [1.82, 2.24) is 0 Å². The normalized spacial score (nSPS) is 16.2. The first-order chi connectivity index (χ1) is 11.8. The molecular weight excluding hydrogens is 338 g/mol. The number of hydrogen-bond acceptors (Lipinski definition) is 4. The van der Waals surface area contributed by atoms with Crippen LogP contribution < -0.4 is 14.2 Å². The number of sulfonamides is 1. The molecule has 1 aliphatic heterocycles. The lowest BCUT2D eigenvalue weighted by atomic mass is 10.1. The van der Waals surface area contributed by atoms with Crippen molar-refractivity contribution in [3.63, 3.8) is 0 Å². The Hall–Kier alpha value is -2.21. The highest BCUT2D eigenvalue weighted by Gasteiger charge is 2.25. The van der Waals surface area contributed by atoms with E-state index in [1.807, 2.05) is 32.9 Å². The monoisotopic (exact) mass is 361 g/mol. The lowest BCUT2D eigenvalue weighted by molar-refractivity contribution is 0.254. The number of hydrogen-bond donors (Lipinski definition) is 1. The van der Waals surface area contributed by atoms with E-state index in [9.17, 15) is 8.42 Å². The van der Waals surface area contributed by atoms with Crippen LogP contribution in [0.2, 0.25) is 0 Å². The Bertz CT molecular complexity index is 906. The summed E-state index contributed by atoms with van der Waals surface area (Å²) in [5.41, 5.74) is 3.16. The van der Waals surface area contributed by atoms with Crippen molar-refractivity contribution in [2.24, 2.45) is 0 Å². The second kappa shape index (κ2) is 6.59. The van der Waals surface area contributed by atoms with Gasteiger partial charge in [0.1, 0.15) is 17.6 Å². The largest absolute Gasteiger partial charge is 0.492 e. The van der Waals surface area contributed by atoms with E-state index >= 15 is 0 Å². The molecule has 2 aromatic rings. The molecule has 0 amide bonds. The van der Waals surface area contributed by atoms with Crippen LogP contribution in [0.5, 0.6) is 11.5 Å². The van der Waals surface area contributed by atoms with Crippen LogP contribution in [-0.2, 0) is 16.4 Å². The van der Waals surface area contributed by atoms with Crippen molar-refractivity contribution in [2.45, 2.75) is 45.1 Å². The summed E-state index contributed by atoms with van der Waals surface area (Å²) in [6.07, 6.45) is 0.871. The number of rotatable bonds is 5. The first-order valence-corrected chi connectivity index (χ1v) is 9.85. The molecule has 0 unspecified atom stereocenters. The molecule has 6 heteroatoms. The molecule has 5 nitrogen and oxygen atoms in total. The quantitative estimate of drug-likeness (QED) is 0.879. The van der Waals surface area contributed by atoms with Crippen molar-refractivity contribution in [2.75, 3.05) is 11.3 Å². The smallest absolute Gasteiger partial charge is 0.262 e. The van der Waals surface area contributed by atoms with Crippen molar-refractivity contribution < 1.29 is 17.9 Å². The Morgan fingerprint density at radius 2 is 2.00 bits per heavy atom. The van der Waals surface area contributed by atoms with Crippen LogP contribution in [0.4, 0.5) is 5.69 Å². The minimum atomic E-state index is -3.72. The third kappa shape index (κ3) is 3.58. The Morgan fingerprint density at radius 3 is 2.68 bits per heavy atom. The fourth-order valence-corrected chi connectivity index (χ4v) is 4.38. The highest BCUT2D eigenvalue weighted by atomic mass is 32.2. The van der Waals surface area contributed by atoms with E-state index in [2.05, 4.69) is 4.72 Å². The maximum Gasteiger partial charge on any atom is 0.262 e. The summed E-state index contributed by atoms with van der Waals surface area (Å²) < 4.78 is 39.8. The molecule has 0 aromatic heterocycles. The highest BCUT2D eigenvalue weighted by molar-refractivity contribution is 7.92. The van der Waals surface area contributed by atoms with Gasteiger partial charge in [-0.05, 0) is 45.4 Å². The molecule has 0 saturated carbocycles. The molecule has 1 aliphatic rings. The molecular formula is C19H23NO4S. The van der Waals surface area contributed by atoms with Gasteiger partial charge >= 0.3 is 0 Å². The topological polar surface area (TPSA) is 64.6 Å². The van der Waals surface area contributed by atoms with E-state index in [-0.39, 0.29) is 11.0 Å². The molecule has 0 radical (unpaired) electrons. The van der Waals surface area contributed by atoms with E-state index in [1.54, 1.807) is 25.1 Å². The maximum absolute atomic E-state index is 12.8. The summed E-state index contributed by atoms with van der Waals surface area (Å²) in [7, 11) is -3.72. The predicted molar refractivity (Wildman–Crippen MR) is 98.1 cm³/mol. The second-order valence-electron chi connectivity index (χ2n) is 6.40. The molecule has 3 rings (SSSR count). The molecule has 134 valence electrons. The van der Waals surface area contributed by atoms with Gasteiger partial charge in [-0.25, -0.2) is 8.42 Å². The molecule has 0 spiro atoms. The van der Waals surface area contributed by atoms with Crippen LogP contribution in [0, 0.1) is 13.8 Å². The zero-order chi connectivity index (χ0) is 18.2. The number of benzene rings is 2. The summed E-state index contributed by atoms with van der Waals surface area (Å²) in [5.74, 6) is 1.22. The molecule has 1 heterocycles. The third-order valence-corrected chi connectivity index (χ3v) is 5.69. The van der Waals surface area contributed by atoms with Crippen LogP contribution >= 0.6 is 0 Å². The van der Waals surface area contributed by atoms with Gasteiger partial charge in [0.2, 0.25) is 0 Å². The zero-order valence-electron chi connectivity index (χ0n) is 14.9. The summed E-state index contributed by atoms with van der Waals surface area (Å²) in [6.45, 7) is 8.03. The zero-order valence-corrected chi connectivity index (χ0v) is 15.7. The van der Waals surface area contributed by atoms with Gasteiger partial charge in [-0.1, -0.05) is 17.7 Å². The van der Waals surface area contributed by atoms with E-state index in [0.29, 0.717) is 29.4 Å². The summed E-state index contributed by atoms with van der Waals surface area (Å²) in [6, 6.07) is 8.84. The summed E-state index contributed by atoms with van der Waals surface area (Å²) >= 11 is 0. The van der Waals surface area contributed by atoms with Crippen LogP contribution in [0.3, 0.4) is 0 Å². The number of aryl methyl sites for hydroxylation is 2. The van der Waals surface area contributed by atoms with Crippen molar-refractivity contribution in [3.8, 4) is 11.5 Å². The molecule has 25 heavy (non-hydrogen) atoms. The molecule has 1 atom stereocenters. The van der Waals surface area contributed by atoms with Crippen molar-refractivity contribution in [3.05, 3.63) is 47.0 Å². The van der Waals surface area contributed by atoms with E-state index < -0.39 is 10.0 Å². The average molecular weight is 361 g/mol.